The first-order chi connectivity index (χ1) is 60.1. The van der Waals surface area contributed by atoms with E-state index in [0.29, 0.717) is 68.4 Å². The minimum atomic E-state index is -1.44. The van der Waals surface area contributed by atoms with Gasteiger partial charge in [0.25, 0.3) is 23.3 Å². The number of amides is 3. The first-order valence-corrected chi connectivity index (χ1v) is 53.8. The van der Waals surface area contributed by atoms with E-state index < -0.39 is 131 Å². The van der Waals surface area contributed by atoms with Crippen molar-refractivity contribution in [2.24, 2.45) is 5.73 Å². The van der Waals surface area contributed by atoms with Gasteiger partial charge in [-0.25, -0.2) is 78.5 Å². The highest BCUT2D eigenvalue weighted by molar-refractivity contribution is 6.76. The van der Waals surface area contributed by atoms with E-state index in [4.69, 9.17) is 25.1 Å². The molecule has 44 heteroatoms. The summed E-state index contributed by atoms with van der Waals surface area (Å²) in [7, 11) is -4.01. The van der Waals surface area contributed by atoms with Crippen molar-refractivity contribution in [3.63, 3.8) is 0 Å². The number of nitrogens with zero attached hydrogens (tertiary/aromatic N) is 14. The maximum absolute atomic E-state index is 14.7. The zero-order valence-corrected chi connectivity index (χ0v) is 77.3. The molecular weight excluding hydrogens is 1770 g/mol. The molecule has 6 aromatic heterocycles. The molecule has 3 amide bonds. The van der Waals surface area contributed by atoms with E-state index in [0.717, 1.165) is 110 Å². The SMILES string of the molecule is C.CCOC(C)=O.C[Si](C)(C)CCOCn1nc(C(=O)N2C[C@@H](F)C[C@@H]2c2cc(F)ccc2F)c2c(=O)[nH]cnc21.C[Si](C)(C)CCOCn1nc(C(=O)N2C[C@@H](F)C[C@@H]2c2cc(F)ccc2F)c2c(N[C@@H]3CCC[C@H]3O)ncnc21.C[Si](C)(C)CCOCn1nc(C(=O)N2C[C@@H](F)C[C@@H]2c2cc(F)ccc2F)c2c(N[C@@H]3CNC[C@H]3O)ncnc21.Cl.N[C@@H]1CCC[C@H]1O. The van der Waals surface area contributed by atoms with Crippen molar-refractivity contribution in [1.82, 2.24) is 79.3 Å². The summed E-state index contributed by atoms with van der Waals surface area (Å²) in [6.45, 7) is 25.2. The fourth-order valence-electron chi connectivity index (χ4n) is 15.6. The van der Waals surface area contributed by atoms with Gasteiger partial charge in [-0.1, -0.05) is 66.3 Å². The van der Waals surface area contributed by atoms with Crippen LogP contribution in [0.15, 0.2) is 78.4 Å². The van der Waals surface area contributed by atoms with Gasteiger partial charge in [0.15, 0.2) is 34.0 Å². The number of anilines is 2. The number of benzene rings is 3. The lowest BCUT2D eigenvalue weighted by atomic mass is 10.0. The molecule has 9 aromatic rings. The lowest BCUT2D eigenvalue weighted by Crippen LogP contribution is -2.33. The molecule has 129 heavy (non-hydrogen) atoms. The van der Waals surface area contributed by atoms with Crippen molar-refractivity contribution in [2.45, 2.75) is 249 Å². The lowest BCUT2D eigenvalue weighted by molar-refractivity contribution is -0.140. The molecule has 4 saturated heterocycles. The summed E-state index contributed by atoms with van der Waals surface area (Å²) in [6.07, 6.45) is 2.79. The molecule has 31 nitrogen and oxygen atoms in total. The molecule has 10 heterocycles. The van der Waals surface area contributed by atoms with Crippen LogP contribution >= 0.6 is 12.4 Å². The number of likely N-dealkylation sites (tertiary alicyclic amines) is 3. The Hall–Kier alpha value is -9.42. The van der Waals surface area contributed by atoms with E-state index in [1.165, 1.54) is 49.8 Å². The highest BCUT2D eigenvalue weighted by Crippen LogP contribution is 2.42. The number of rotatable bonds is 26. The molecule has 0 unspecified atom stereocenters. The number of esters is 1. The van der Waals surface area contributed by atoms with Crippen molar-refractivity contribution < 1.29 is 93.0 Å². The van der Waals surface area contributed by atoms with Gasteiger partial charge in [0.1, 0.15) is 103 Å². The molecule has 2 aliphatic carbocycles. The first kappa shape index (κ1) is 103. The number of aliphatic hydroxyl groups is 3. The molecule has 708 valence electrons. The van der Waals surface area contributed by atoms with Crippen molar-refractivity contribution in [3.8, 4) is 0 Å². The topological polar surface area (TPSA) is 388 Å². The van der Waals surface area contributed by atoms with Crippen LogP contribution in [0, 0.1) is 34.9 Å². The zero-order chi connectivity index (χ0) is 92.1. The smallest absolute Gasteiger partial charge is 0.302 e. The van der Waals surface area contributed by atoms with Crippen molar-refractivity contribution in [1.29, 1.82) is 0 Å². The third-order valence-corrected chi connectivity index (χ3v) is 27.6. The van der Waals surface area contributed by atoms with E-state index in [-0.39, 0.29) is 165 Å². The number of ether oxygens (including phenoxy) is 4. The molecule has 6 aliphatic rings. The second-order valence-corrected chi connectivity index (χ2v) is 53.0. The first-order valence-electron chi connectivity index (χ1n) is 42.6. The van der Waals surface area contributed by atoms with Crippen LogP contribution in [0.5, 0.6) is 0 Å². The quantitative estimate of drug-likeness (QED) is 0.0108. The number of H-pyrrole nitrogens is 1. The van der Waals surface area contributed by atoms with Gasteiger partial charge >= 0.3 is 5.97 Å². The van der Waals surface area contributed by atoms with Gasteiger partial charge < -0.3 is 75.6 Å². The number of β-amino-alcohol motifs (C(OH)–C–C–N with tert-alkyl or cyclic N) is 1. The number of alkyl halides is 3. The molecule has 3 aromatic carbocycles. The number of hydrogen-bond acceptors (Lipinski definition) is 24. The van der Waals surface area contributed by atoms with Crippen LogP contribution in [0.2, 0.25) is 77.1 Å². The Bertz CT molecular complexity index is 5150. The number of aromatic amines is 1. The van der Waals surface area contributed by atoms with E-state index in [1.54, 1.807) is 6.92 Å². The van der Waals surface area contributed by atoms with Crippen molar-refractivity contribution in [2.75, 3.05) is 69.8 Å². The maximum atomic E-state index is 14.7. The lowest BCUT2D eigenvalue weighted by Gasteiger charge is -2.24. The Morgan fingerprint density at radius 2 is 0.884 bits per heavy atom. The van der Waals surface area contributed by atoms with Gasteiger partial charge in [-0.15, -0.1) is 12.4 Å². The Balaban J connectivity index is 0.000000202. The second-order valence-electron chi connectivity index (χ2n) is 36.1. The Kier molecular flexibility index (Phi) is 36.5. The Morgan fingerprint density at radius 1 is 0.512 bits per heavy atom. The number of carbonyl (C=O) groups excluding carboxylic acids is 4. The third-order valence-electron chi connectivity index (χ3n) is 22.5. The van der Waals surface area contributed by atoms with Gasteiger partial charge in [0.05, 0.1) is 91.9 Å². The molecule has 0 radical (unpaired) electrons. The summed E-state index contributed by atoms with van der Waals surface area (Å²) in [5.74, 6) is -5.94. The number of aliphatic hydroxyl groups excluding tert-OH is 3. The molecule has 12 atom stereocenters. The zero-order valence-electron chi connectivity index (χ0n) is 73.5. The predicted octanol–water partition coefficient (Wildman–Crippen LogP) is 12.9. The average molecular weight is 1890 g/mol. The van der Waals surface area contributed by atoms with Crippen molar-refractivity contribution in [3.05, 3.63) is 153 Å². The molecule has 2 saturated carbocycles. The number of hydrogen-bond donors (Lipinski definition) is 8. The summed E-state index contributed by atoms with van der Waals surface area (Å²) < 4.78 is 156. The highest BCUT2D eigenvalue weighted by atomic mass is 35.5. The van der Waals surface area contributed by atoms with Crippen LogP contribution in [0.4, 0.5) is 51.1 Å². The largest absolute Gasteiger partial charge is 0.466 e. The summed E-state index contributed by atoms with van der Waals surface area (Å²) in [6, 6.07) is 7.88. The maximum Gasteiger partial charge on any atom is 0.302 e. The number of fused-ring (bicyclic) bond motifs is 3. The van der Waals surface area contributed by atoms with Crippen LogP contribution in [0.1, 0.15) is 145 Å². The van der Waals surface area contributed by atoms with E-state index in [2.05, 4.69) is 125 Å². The third kappa shape index (κ3) is 26.9. The fourth-order valence-corrected chi connectivity index (χ4v) is 17.9. The second kappa shape index (κ2) is 45.6. The monoisotopic (exact) mass is 1890 g/mol. The van der Waals surface area contributed by atoms with Gasteiger partial charge in [-0.3, -0.25) is 24.0 Å². The normalized spacial score (nSPS) is 22.0. The number of nitrogens with two attached hydrogens (primary N) is 1. The number of halogens is 10. The minimum absolute atomic E-state index is 0. The average Bonchev–Trinajstić information content (AvgIpc) is 1.62. The number of carbonyl (C=O) groups is 4. The molecule has 9 N–H and O–H groups in total. The van der Waals surface area contributed by atoms with Gasteiger partial charge in [-0.05, 0) is 118 Å². The van der Waals surface area contributed by atoms with Gasteiger partial charge in [-0.2, -0.15) is 15.3 Å². The molecule has 0 spiro atoms. The molecular formula is C85H119ClF9N19O12Si3. The summed E-state index contributed by atoms with van der Waals surface area (Å²) in [5, 5.41) is 52.9. The summed E-state index contributed by atoms with van der Waals surface area (Å²) in [4.78, 5) is 91.3. The van der Waals surface area contributed by atoms with Gasteiger partial charge in [0.2, 0.25) is 0 Å². The number of nitrogens with one attached hydrogen (secondary N) is 4. The van der Waals surface area contributed by atoms with Crippen LogP contribution in [-0.2, 0) is 43.9 Å². The molecule has 15 rings (SSSR count). The van der Waals surface area contributed by atoms with Crippen LogP contribution in [-0.4, -0.2) is 251 Å². The van der Waals surface area contributed by atoms with Crippen LogP contribution < -0.4 is 27.2 Å². The van der Waals surface area contributed by atoms with Crippen LogP contribution in [0.25, 0.3) is 33.1 Å². The van der Waals surface area contributed by atoms with Gasteiger partial charge in [0, 0.05) is 106 Å². The van der Waals surface area contributed by atoms with Crippen molar-refractivity contribution >= 4 is 105 Å². The predicted molar refractivity (Wildman–Crippen MR) is 478 cm³/mol. The van der Waals surface area contributed by atoms with E-state index in [1.807, 2.05) is 0 Å². The van der Waals surface area contributed by atoms with Crippen LogP contribution in [0.3, 0.4) is 0 Å². The Labute approximate surface area is 751 Å². The highest BCUT2D eigenvalue weighted by Gasteiger charge is 2.45. The summed E-state index contributed by atoms with van der Waals surface area (Å²) >= 11 is 0. The Morgan fingerprint density at radius 3 is 1.20 bits per heavy atom. The van der Waals surface area contributed by atoms with E-state index in [9.17, 15) is 73.7 Å². The standard InChI is InChI=1S/C27H35F3N6O3Si.C26H34F3N7O3Si.C22H26F3N5O3Si.C5H11NO.C4H8O2.CH4.ClH/c1-40(2,3)10-9-39-15-36-26-23(25(31-14-32-26)33-20-5-4-6-22(20)37)24(34-36)27(38)35-13-17(29)12-21(35)18-11-16(28)7-8-19(18)30;1-40(2,3)7-6-39-14-36-25-22(24(31-13-32-25)33-19-10-30-11-21(19)37)23(34-36)26(38)35-12-16(28)9-20(35)17-8-15(27)4-5-18(17)29;1-34(2,3)7-6-33-12-30-20-18(21(31)27-11-26-20)19(28-30)22(32)29-10-14(24)9-17(29)15-8-13(23)4-5-16(15)25;6-4-2-1-3-5(4)7;1-3-6-4(2)5;;/h7-8,11,14,17,20-22,37H,4-6,9-10,12-13,15H2,1-3H3,(H,31,32,33);4-5,8,13,16,19-21,30,37H,6-7,9-12,14H2,1-3H3,(H,31,32,33);4-5,8,11,14,17H,6-7,9-10,12H2,1-3H3,(H,26,27,31);4-5,7H,1-3,6H2;3H2,1-2H3;1H4;1H/t17-,20+,21+,22+;16-,19+,20+,21+;14-,17+;4-,5-;;;/m0001.../s1. The number of aromatic nitrogens is 12. The molecule has 6 fully saturated rings. The van der Waals surface area contributed by atoms with E-state index >= 15 is 0 Å². The molecule has 4 aliphatic heterocycles. The minimum Gasteiger partial charge on any atom is -0.466 e. The fraction of sp³-hybridized carbons (Fsp3) is 0.565. The summed E-state index contributed by atoms with van der Waals surface area (Å²) in [5.41, 5.74) is 4.97. The molecule has 0 bridgehead atoms.